The van der Waals surface area contributed by atoms with Crippen molar-refractivity contribution in [2.24, 2.45) is 5.73 Å². The van der Waals surface area contributed by atoms with Gasteiger partial charge >= 0.3 is 4.87 Å². The van der Waals surface area contributed by atoms with Gasteiger partial charge in [0.05, 0.1) is 6.54 Å². The number of aromatic nitrogens is 1. The second kappa shape index (κ2) is 5.32. The molecule has 18 heavy (non-hydrogen) atoms. The molecule has 0 bridgehead atoms. The number of H-pyrrole nitrogens is 1. The zero-order chi connectivity index (χ0) is 13.1. The molecular weight excluding hydrogens is 266 g/mol. The van der Waals surface area contributed by atoms with Crippen LogP contribution in [0.5, 0.6) is 0 Å². The smallest absolute Gasteiger partial charge is 0.304 e. The lowest BCUT2D eigenvalue weighted by molar-refractivity contribution is 1.06. The number of nitrogens with two attached hydrogens (primary N) is 1. The van der Waals surface area contributed by atoms with Gasteiger partial charge in [-0.15, -0.1) is 0 Å². The molecular formula is C12H13N3OS2. The molecule has 0 saturated carbocycles. The van der Waals surface area contributed by atoms with Crippen molar-refractivity contribution in [1.29, 1.82) is 0 Å². The lowest BCUT2D eigenvalue weighted by Crippen LogP contribution is -2.13. The number of nitrogens with one attached hydrogen (secondary N) is 2. The number of benzene rings is 1. The van der Waals surface area contributed by atoms with E-state index in [0.29, 0.717) is 11.5 Å². The molecule has 0 aliphatic rings. The van der Waals surface area contributed by atoms with Crippen molar-refractivity contribution in [2.45, 2.75) is 13.5 Å². The molecule has 94 valence electrons. The van der Waals surface area contributed by atoms with Gasteiger partial charge in [-0.05, 0) is 19.1 Å². The molecule has 0 radical (unpaired) electrons. The van der Waals surface area contributed by atoms with Crippen LogP contribution in [0.3, 0.4) is 0 Å². The lowest BCUT2D eigenvalue weighted by atomic mass is 10.1. The number of hydrogen-bond acceptors (Lipinski definition) is 4. The molecule has 4 nitrogen and oxygen atoms in total. The number of anilines is 1. The molecule has 0 saturated heterocycles. The molecule has 0 fully saturated rings. The summed E-state index contributed by atoms with van der Waals surface area (Å²) in [6.45, 7) is 2.53. The Bertz CT molecular complexity index is 630. The molecule has 2 aromatic rings. The summed E-state index contributed by atoms with van der Waals surface area (Å²) in [7, 11) is 0. The van der Waals surface area contributed by atoms with Gasteiger partial charge in [0, 0.05) is 22.3 Å². The van der Waals surface area contributed by atoms with Crippen molar-refractivity contribution in [3.63, 3.8) is 0 Å². The standard InChI is InChI=1S/C12H13N3OS2/c1-7-2-3-10(9(4-7)11(13)17)14-5-8-6-18-12(16)15-8/h2-4,6,14H,5H2,1H3,(H2,13,17)(H,15,16). The molecule has 2 rings (SSSR count). The molecule has 4 N–H and O–H groups in total. The zero-order valence-electron chi connectivity index (χ0n) is 9.82. The fraction of sp³-hybridized carbons (Fsp3) is 0.167. The number of thiazole rings is 1. The van der Waals surface area contributed by atoms with Crippen LogP contribution in [0.2, 0.25) is 0 Å². The fourth-order valence-electron chi connectivity index (χ4n) is 1.61. The Hall–Kier alpha value is -1.66. The van der Waals surface area contributed by atoms with E-state index in [0.717, 1.165) is 33.8 Å². The summed E-state index contributed by atoms with van der Waals surface area (Å²) in [5.74, 6) is 0. The summed E-state index contributed by atoms with van der Waals surface area (Å²) in [6.07, 6.45) is 0. The molecule has 1 aromatic heterocycles. The third-order valence-corrected chi connectivity index (χ3v) is 3.42. The van der Waals surface area contributed by atoms with Gasteiger partial charge in [0.1, 0.15) is 4.99 Å². The number of aryl methyl sites for hydroxylation is 1. The Balaban J connectivity index is 2.18. The minimum Gasteiger partial charge on any atom is -0.389 e. The highest BCUT2D eigenvalue weighted by atomic mass is 32.1. The van der Waals surface area contributed by atoms with E-state index in [1.54, 1.807) is 5.38 Å². The van der Waals surface area contributed by atoms with Crippen molar-refractivity contribution < 1.29 is 0 Å². The highest BCUT2D eigenvalue weighted by molar-refractivity contribution is 7.80. The van der Waals surface area contributed by atoms with Crippen LogP contribution in [0.15, 0.2) is 28.4 Å². The third-order valence-electron chi connectivity index (χ3n) is 2.48. The molecule has 0 amide bonds. The molecule has 0 spiro atoms. The fourth-order valence-corrected chi connectivity index (χ4v) is 2.36. The quantitative estimate of drug-likeness (QED) is 0.749. The predicted octanol–water partition coefficient (Wildman–Crippen LogP) is 1.99. The highest BCUT2D eigenvalue weighted by Gasteiger charge is 2.05. The second-order valence-corrected chi connectivity index (χ2v) is 5.22. The van der Waals surface area contributed by atoms with Gasteiger partial charge in [0.2, 0.25) is 0 Å². The summed E-state index contributed by atoms with van der Waals surface area (Å²) >= 11 is 6.18. The summed E-state index contributed by atoms with van der Waals surface area (Å²) in [5.41, 5.74) is 9.34. The van der Waals surface area contributed by atoms with Crippen LogP contribution >= 0.6 is 23.6 Å². The Morgan fingerprint density at radius 1 is 1.56 bits per heavy atom. The Morgan fingerprint density at radius 3 is 2.94 bits per heavy atom. The molecule has 1 heterocycles. The first-order valence-corrected chi connectivity index (χ1v) is 6.66. The summed E-state index contributed by atoms with van der Waals surface area (Å²) in [6, 6.07) is 5.87. The van der Waals surface area contributed by atoms with E-state index in [1.165, 1.54) is 0 Å². The van der Waals surface area contributed by atoms with Crippen LogP contribution in [-0.2, 0) is 6.54 Å². The van der Waals surface area contributed by atoms with Crippen molar-refractivity contribution in [2.75, 3.05) is 5.32 Å². The number of aromatic amines is 1. The lowest BCUT2D eigenvalue weighted by Gasteiger charge is -2.11. The van der Waals surface area contributed by atoms with Crippen LogP contribution in [0.1, 0.15) is 16.8 Å². The third kappa shape index (κ3) is 2.96. The molecule has 6 heteroatoms. The van der Waals surface area contributed by atoms with Crippen LogP contribution in [0.4, 0.5) is 5.69 Å². The zero-order valence-corrected chi connectivity index (χ0v) is 11.5. The topological polar surface area (TPSA) is 70.9 Å². The first kappa shape index (κ1) is 12.8. The number of rotatable bonds is 4. The first-order chi connectivity index (χ1) is 8.56. The first-order valence-electron chi connectivity index (χ1n) is 5.37. The maximum atomic E-state index is 11.0. The normalized spacial score (nSPS) is 10.3. The molecule has 1 aromatic carbocycles. The van der Waals surface area contributed by atoms with Gasteiger partial charge in [-0.3, -0.25) is 4.79 Å². The van der Waals surface area contributed by atoms with Crippen molar-refractivity contribution in [3.8, 4) is 0 Å². The van der Waals surface area contributed by atoms with E-state index < -0.39 is 0 Å². The second-order valence-electron chi connectivity index (χ2n) is 3.94. The van der Waals surface area contributed by atoms with E-state index in [2.05, 4.69) is 10.3 Å². The number of hydrogen-bond donors (Lipinski definition) is 3. The van der Waals surface area contributed by atoms with Crippen molar-refractivity contribution in [3.05, 3.63) is 50.1 Å². The van der Waals surface area contributed by atoms with E-state index >= 15 is 0 Å². The average molecular weight is 279 g/mol. The summed E-state index contributed by atoms with van der Waals surface area (Å²) in [4.78, 5) is 14.1. The van der Waals surface area contributed by atoms with Gasteiger partial charge in [-0.2, -0.15) is 0 Å². The number of thiocarbonyl (C=S) groups is 1. The summed E-state index contributed by atoms with van der Waals surface area (Å²) < 4.78 is 0. The van der Waals surface area contributed by atoms with Crippen molar-refractivity contribution >= 4 is 34.2 Å². The van der Waals surface area contributed by atoms with Crippen LogP contribution in [0.25, 0.3) is 0 Å². The van der Waals surface area contributed by atoms with Crippen LogP contribution < -0.4 is 15.9 Å². The Morgan fingerprint density at radius 2 is 2.33 bits per heavy atom. The molecule has 0 aliphatic carbocycles. The van der Waals surface area contributed by atoms with E-state index in [1.807, 2.05) is 25.1 Å². The predicted molar refractivity (Wildman–Crippen MR) is 79.3 cm³/mol. The maximum Gasteiger partial charge on any atom is 0.304 e. The van der Waals surface area contributed by atoms with Gasteiger partial charge in [0.15, 0.2) is 0 Å². The van der Waals surface area contributed by atoms with Crippen molar-refractivity contribution in [1.82, 2.24) is 4.98 Å². The molecule has 0 atom stereocenters. The van der Waals surface area contributed by atoms with E-state index in [4.69, 9.17) is 18.0 Å². The van der Waals surface area contributed by atoms with E-state index in [9.17, 15) is 4.79 Å². The van der Waals surface area contributed by atoms with Crippen LogP contribution in [-0.4, -0.2) is 9.97 Å². The SMILES string of the molecule is Cc1ccc(NCc2csc(=O)[nH]2)c(C(N)=S)c1. The van der Waals surface area contributed by atoms with Gasteiger partial charge in [-0.1, -0.05) is 35.2 Å². The van der Waals surface area contributed by atoms with Crippen LogP contribution in [0, 0.1) is 6.92 Å². The molecule has 0 aliphatic heterocycles. The minimum absolute atomic E-state index is 0.0507. The average Bonchev–Trinajstić information content (AvgIpc) is 2.73. The Kier molecular flexibility index (Phi) is 3.78. The highest BCUT2D eigenvalue weighted by Crippen LogP contribution is 2.18. The Labute approximate surface area is 114 Å². The van der Waals surface area contributed by atoms with E-state index in [-0.39, 0.29) is 4.87 Å². The monoisotopic (exact) mass is 279 g/mol. The minimum atomic E-state index is -0.0507. The largest absolute Gasteiger partial charge is 0.389 e. The van der Waals surface area contributed by atoms with Gasteiger partial charge in [-0.25, -0.2) is 0 Å². The van der Waals surface area contributed by atoms with Gasteiger partial charge < -0.3 is 16.0 Å². The van der Waals surface area contributed by atoms with Gasteiger partial charge in [0.25, 0.3) is 0 Å². The maximum absolute atomic E-state index is 11.0. The summed E-state index contributed by atoms with van der Waals surface area (Å²) in [5, 5.41) is 5.02. The molecule has 0 unspecified atom stereocenters.